The Kier molecular flexibility index (Phi) is 5.23. The number of hydrogen-bond donors (Lipinski definition) is 1. The monoisotopic (exact) mass is 379 g/mol. The Morgan fingerprint density at radius 3 is 2.89 bits per heavy atom. The second kappa shape index (κ2) is 7.79. The molecule has 0 bridgehead atoms. The lowest BCUT2D eigenvalue weighted by Gasteiger charge is -2.33. The van der Waals surface area contributed by atoms with Crippen LogP contribution in [0.4, 0.5) is 5.69 Å². The zero-order chi connectivity index (χ0) is 18.8. The number of para-hydroxylation sites is 1. The molecule has 1 aromatic heterocycles. The topological polar surface area (TPSA) is 45.2 Å². The van der Waals surface area contributed by atoms with Crippen LogP contribution in [0.3, 0.4) is 0 Å². The van der Waals surface area contributed by atoms with Crippen LogP contribution in [0.1, 0.15) is 41.4 Å². The quantitative estimate of drug-likeness (QED) is 0.688. The number of piperidine rings is 1. The molecule has 2 aromatic carbocycles. The average Bonchev–Trinajstić information content (AvgIpc) is 3.08. The molecule has 4 nitrogen and oxygen atoms in total. The molecule has 0 unspecified atom stereocenters. The number of amides is 1. The van der Waals surface area contributed by atoms with Crippen molar-refractivity contribution >= 4 is 33.1 Å². The molecule has 1 saturated heterocycles. The minimum Gasteiger partial charge on any atom is -0.325 e. The maximum absolute atomic E-state index is 12.7. The van der Waals surface area contributed by atoms with Gasteiger partial charge in [0.2, 0.25) is 5.91 Å². The minimum absolute atomic E-state index is 0.0509. The molecule has 1 aliphatic rings. The molecule has 3 aromatic rings. The van der Waals surface area contributed by atoms with Crippen molar-refractivity contribution in [1.82, 2.24) is 9.88 Å². The largest absolute Gasteiger partial charge is 0.325 e. The van der Waals surface area contributed by atoms with Gasteiger partial charge in [-0.2, -0.15) is 0 Å². The molecule has 4 rings (SSSR count). The summed E-state index contributed by atoms with van der Waals surface area (Å²) in [6, 6.07) is 14.6. The van der Waals surface area contributed by atoms with Gasteiger partial charge in [-0.1, -0.05) is 36.2 Å². The Balaban J connectivity index is 1.49. The highest BCUT2D eigenvalue weighted by Gasteiger charge is 2.28. The number of thiazole rings is 1. The second-order valence-corrected chi connectivity index (χ2v) is 8.43. The van der Waals surface area contributed by atoms with Crippen molar-refractivity contribution in [1.29, 1.82) is 0 Å². The number of nitrogens with one attached hydrogen (secondary N) is 1. The number of fused-ring (bicyclic) bond motifs is 1. The summed E-state index contributed by atoms with van der Waals surface area (Å²) in [7, 11) is 0. The van der Waals surface area contributed by atoms with E-state index >= 15 is 0 Å². The molecule has 5 heteroatoms. The SMILES string of the molecule is Cc1ccc(NC(=O)CN2CCCC[C@@H]2c2nc3ccccc3s2)c(C)c1. The third-order valence-corrected chi connectivity index (χ3v) is 6.35. The predicted molar refractivity (Wildman–Crippen MR) is 112 cm³/mol. The zero-order valence-electron chi connectivity index (χ0n) is 15.9. The number of benzene rings is 2. The lowest BCUT2D eigenvalue weighted by atomic mass is 10.0. The first-order valence-electron chi connectivity index (χ1n) is 9.57. The second-order valence-electron chi connectivity index (χ2n) is 7.37. The van der Waals surface area contributed by atoms with Crippen LogP contribution in [0, 0.1) is 13.8 Å². The molecule has 140 valence electrons. The number of hydrogen-bond acceptors (Lipinski definition) is 4. The lowest BCUT2D eigenvalue weighted by molar-refractivity contribution is -0.118. The van der Waals surface area contributed by atoms with Gasteiger partial charge in [0.1, 0.15) is 5.01 Å². The van der Waals surface area contributed by atoms with Gasteiger partial charge >= 0.3 is 0 Å². The van der Waals surface area contributed by atoms with Gasteiger partial charge in [-0.05, 0) is 57.0 Å². The number of carbonyl (C=O) groups is 1. The summed E-state index contributed by atoms with van der Waals surface area (Å²) in [4.78, 5) is 19.8. The van der Waals surface area contributed by atoms with Crippen LogP contribution in [0.2, 0.25) is 0 Å². The predicted octanol–water partition coefficient (Wildman–Crippen LogP) is 5.08. The van der Waals surface area contributed by atoms with E-state index in [1.54, 1.807) is 11.3 Å². The Hall–Kier alpha value is -2.24. The fourth-order valence-electron chi connectivity index (χ4n) is 3.82. The molecule has 1 atom stereocenters. The Morgan fingerprint density at radius 2 is 2.07 bits per heavy atom. The molecule has 0 spiro atoms. The normalized spacial score (nSPS) is 17.9. The van der Waals surface area contributed by atoms with E-state index in [1.807, 2.05) is 25.1 Å². The maximum Gasteiger partial charge on any atom is 0.238 e. The fourth-order valence-corrected chi connectivity index (χ4v) is 4.96. The summed E-state index contributed by atoms with van der Waals surface area (Å²) in [5.74, 6) is 0.0509. The standard InChI is InChI=1S/C22H25N3OS/c1-15-10-11-17(16(2)13-15)23-21(26)14-25-12-6-5-8-19(25)22-24-18-7-3-4-9-20(18)27-22/h3-4,7,9-11,13,19H,5-6,8,12,14H2,1-2H3,(H,23,26)/t19-/m1/s1. The van der Waals surface area contributed by atoms with E-state index < -0.39 is 0 Å². The van der Waals surface area contributed by atoms with Crippen molar-refractivity contribution in [2.45, 2.75) is 39.2 Å². The Morgan fingerprint density at radius 1 is 1.22 bits per heavy atom. The van der Waals surface area contributed by atoms with Crippen molar-refractivity contribution in [3.05, 3.63) is 58.6 Å². The van der Waals surface area contributed by atoms with Crippen LogP contribution in [0.15, 0.2) is 42.5 Å². The van der Waals surface area contributed by atoms with Gasteiger partial charge in [0.05, 0.1) is 22.8 Å². The summed E-state index contributed by atoms with van der Waals surface area (Å²) in [5, 5.41) is 4.22. The summed E-state index contributed by atoms with van der Waals surface area (Å²) < 4.78 is 1.22. The molecule has 0 radical (unpaired) electrons. The van der Waals surface area contributed by atoms with Gasteiger partial charge in [0.15, 0.2) is 0 Å². The third-order valence-electron chi connectivity index (χ3n) is 5.21. The minimum atomic E-state index is 0.0509. The van der Waals surface area contributed by atoms with Crippen LogP contribution >= 0.6 is 11.3 Å². The molecule has 1 N–H and O–H groups in total. The number of carbonyl (C=O) groups excluding carboxylic acids is 1. The molecule has 0 aliphatic carbocycles. The first-order chi connectivity index (χ1) is 13.1. The first-order valence-corrected chi connectivity index (χ1v) is 10.4. The summed E-state index contributed by atoms with van der Waals surface area (Å²) in [6.07, 6.45) is 3.39. The lowest BCUT2D eigenvalue weighted by Crippen LogP contribution is -2.39. The van der Waals surface area contributed by atoms with Crippen molar-refractivity contribution in [2.24, 2.45) is 0 Å². The van der Waals surface area contributed by atoms with Crippen molar-refractivity contribution < 1.29 is 4.79 Å². The van der Waals surface area contributed by atoms with Crippen LogP contribution in [0.25, 0.3) is 10.2 Å². The van der Waals surface area contributed by atoms with Crippen molar-refractivity contribution in [2.75, 3.05) is 18.4 Å². The van der Waals surface area contributed by atoms with E-state index in [-0.39, 0.29) is 11.9 Å². The maximum atomic E-state index is 12.7. The van der Waals surface area contributed by atoms with Crippen LogP contribution in [0.5, 0.6) is 0 Å². The molecule has 2 heterocycles. The summed E-state index contributed by atoms with van der Waals surface area (Å²) in [5.41, 5.74) is 4.27. The van der Waals surface area contributed by atoms with E-state index in [4.69, 9.17) is 4.98 Å². The van der Waals surface area contributed by atoms with Crippen LogP contribution < -0.4 is 5.32 Å². The molecule has 1 aliphatic heterocycles. The van der Waals surface area contributed by atoms with E-state index in [9.17, 15) is 4.79 Å². The smallest absolute Gasteiger partial charge is 0.238 e. The highest BCUT2D eigenvalue weighted by molar-refractivity contribution is 7.18. The summed E-state index contributed by atoms with van der Waals surface area (Å²) in [6.45, 7) is 5.46. The van der Waals surface area contributed by atoms with Crippen molar-refractivity contribution in [3.63, 3.8) is 0 Å². The number of likely N-dealkylation sites (tertiary alicyclic amines) is 1. The number of anilines is 1. The first kappa shape index (κ1) is 18.1. The fraction of sp³-hybridized carbons (Fsp3) is 0.364. The average molecular weight is 380 g/mol. The Labute approximate surface area is 164 Å². The van der Waals surface area contributed by atoms with Gasteiger partial charge in [-0.25, -0.2) is 4.98 Å². The number of nitrogens with zero attached hydrogens (tertiary/aromatic N) is 2. The molecule has 0 saturated carbocycles. The van der Waals surface area contributed by atoms with Gasteiger partial charge < -0.3 is 5.32 Å². The Bertz CT molecular complexity index is 932. The van der Waals surface area contributed by atoms with E-state index in [0.29, 0.717) is 6.54 Å². The summed E-state index contributed by atoms with van der Waals surface area (Å²) >= 11 is 1.76. The number of aromatic nitrogens is 1. The van der Waals surface area contributed by atoms with Crippen LogP contribution in [-0.4, -0.2) is 28.9 Å². The zero-order valence-corrected chi connectivity index (χ0v) is 16.7. The van der Waals surface area contributed by atoms with Gasteiger partial charge in [0.25, 0.3) is 0 Å². The van der Waals surface area contributed by atoms with E-state index in [0.717, 1.165) is 41.2 Å². The molecule has 1 fully saturated rings. The molecular weight excluding hydrogens is 354 g/mol. The molecule has 1 amide bonds. The number of aryl methyl sites for hydroxylation is 2. The van der Waals surface area contributed by atoms with Crippen LogP contribution in [-0.2, 0) is 4.79 Å². The van der Waals surface area contributed by atoms with Crippen molar-refractivity contribution in [3.8, 4) is 0 Å². The highest BCUT2D eigenvalue weighted by atomic mass is 32.1. The molecule has 27 heavy (non-hydrogen) atoms. The highest BCUT2D eigenvalue weighted by Crippen LogP contribution is 2.35. The number of rotatable bonds is 4. The van der Waals surface area contributed by atoms with E-state index in [2.05, 4.69) is 41.4 Å². The van der Waals surface area contributed by atoms with Gasteiger partial charge in [-0.3, -0.25) is 9.69 Å². The van der Waals surface area contributed by atoms with Gasteiger partial charge in [0, 0.05) is 5.69 Å². The molecular formula is C22H25N3OS. The third kappa shape index (κ3) is 4.04. The van der Waals surface area contributed by atoms with Gasteiger partial charge in [-0.15, -0.1) is 11.3 Å². The van der Waals surface area contributed by atoms with E-state index in [1.165, 1.54) is 16.7 Å².